The summed E-state index contributed by atoms with van der Waals surface area (Å²) in [7, 11) is 0. The van der Waals surface area contributed by atoms with Crippen LogP contribution in [0.5, 0.6) is 0 Å². The van der Waals surface area contributed by atoms with Crippen molar-refractivity contribution in [3.63, 3.8) is 0 Å². The van der Waals surface area contributed by atoms with E-state index in [-0.39, 0.29) is 5.91 Å². The fraction of sp³-hybridized carbons (Fsp3) is 0.588. The van der Waals surface area contributed by atoms with Gasteiger partial charge in [-0.15, -0.1) is 0 Å². The molecular weight excluding hydrogens is 319 g/mol. The normalized spacial score (nSPS) is 20.1. The lowest BCUT2D eigenvalue weighted by Crippen LogP contribution is -2.45. The molecule has 0 aromatic heterocycles. The molecular formula is C17H22Cl2N2O. The van der Waals surface area contributed by atoms with E-state index in [4.69, 9.17) is 23.2 Å². The lowest BCUT2D eigenvalue weighted by Gasteiger charge is -2.32. The number of carbonyl (C=O) groups is 1. The summed E-state index contributed by atoms with van der Waals surface area (Å²) in [6, 6.07) is 5.53. The Morgan fingerprint density at radius 1 is 1.18 bits per heavy atom. The standard InChI is InChI=1S/C17H22Cl2N2O/c18-14-3-4-16(19)13(9-14)10-17(22)20-15-5-7-21(8-6-15)11-12-1-2-12/h3-4,9,12,15H,1-2,5-8,10-11H2,(H,20,22). The summed E-state index contributed by atoms with van der Waals surface area (Å²) in [6.07, 6.45) is 5.18. The van der Waals surface area contributed by atoms with E-state index >= 15 is 0 Å². The number of halogens is 2. The molecule has 5 heteroatoms. The Morgan fingerprint density at radius 3 is 2.59 bits per heavy atom. The monoisotopic (exact) mass is 340 g/mol. The van der Waals surface area contributed by atoms with E-state index in [1.54, 1.807) is 18.2 Å². The Kier molecular flexibility index (Phi) is 5.27. The highest BCUT2D eigenvalue weighted by atomic mass is 35.5. The van der Waals surface area contributed by atoms with Gasteiger partial charge in [0.15, 0.2) is 0 Å². The SMILES string of the molecule is O=C(Cc1cc(Cl)ccc1Cl)NC1CCN(CC2CC2)CC1. The third kappa shape index (κ3) is 4.61. The number of nitrogens with zero attached hydrogens (tertiary/aromatic N) is 1. The minimum atomic E-state index is 0.0322. The van der Waals surface area contributed by atoms with Gasteiger partial charge in [-0.2, -0.15) is 0 Å². The zero-order valence-corrected chi connectivity index (χ0v) is 14.2. The largest absolute Gasteiger partial charge is 0.353 e. The zero-order chi connectivity index (χ0) is 15.5. The predicted octanol–water partition coefficient (Wildman–Crippen LogP) is 3.53. The van der Waals surface area contributed by atoms with Gasteiger partial charge in [-0.25, -0.2) is 0 Å². The molecule has 0 atom stereocenters. The molecule has 1 aromatic rings. The molecule has 3 rings (SSSR count). The zero-order valence-electron chi connectivity index (χ0n) is 12.7. The maximum atomic E-state index is 12.2. The predicted molar refractivity (Wildman–Crippen MR) is 90.5 cm³/mol. The summed E-state index contributed by atoms with van der Waals surface area (Å²) in [5.74, 6) is 0.973. The van der Waals surface area contributed by atoms with Gasteiger partial charge in [0.25, 0.3) is 0 Å². The van der Waals surface area contributed by atoms with Gasteiger partial charge < -0.3 is 10.2 Å². The van der Waals surface area contributed by atoms with Crippen molar-refractivity contribution < 1.29 is 4.79 Å². The van der Waals surface area contributed by atoms with Crippen LogP contribution in [0, 0.1) is 5.92 Å². The minimum Gasteiger partial charge on any atom is -0.353 e. The highest BCUT2D eigenvalue weighted by Crippen LogP contribution is 2.30. The number of hydrogen-bond donors (Lipinski definition) is 1. The van der Waals surface area contributed by atoms with Crippen LogP contribution >= 0.6 is 23.2 Å². The highest BCUT2D eigenvalue weighted by molar-refractivity contribution is 6.33. The van der Waals surface area contributed by atoms with Crippen molar-refractivity contribution in [2.24, 2.45) is 5.92 Å². The Balaban J connectivity index is 1.45. The van der Waals surface area contributed by atoms with E-state index in [1.807, 2.05) is 0 Å². The van der Waals surface area contributed by atoms with E-state index in [2.05, 4.69) is 10.2 Å². The molecule has 1 aliphatic heterocycles. The molecule has 1 aliphatic carbocycles. The summed E-state index contributed by atoms with van der Waals surface area (Å²) in [5, 5.41) is 4.34. The Hall–Kier alpha value is -0.770. The first-order valence-corrected chi connectivity index (χ1v) is 8.81. The summed E-state index contributed by atoms with van der Waals surface area (Å²) in [6.45, 7) is 3.44. The lowest BCUT2D eigenvalue weighted by molar-refractivity contribution is -0.121. The van der Waals surface area contributed by atoms with Crippen LogP contribution in [0.1, 0.15) is 31.2 Å². The van der Waals surface area contributed by atoms with Crippen molar-refractivity contribution in [1.29, 1.82) is 0 Å². The quantitative estimate of drug-likeness (QED) is 0.889. The number of hydrogen-bond acceptors (Lipinski definition) is 2. The van der Waals surface area contributed by atoms with Gasteiger partial charge in [0.1, 0.15) is 0 Å². The molecule has 2 aliphatic rings. The van der Waals surface area contributed by atoms with E-state index in [1.165, 1.54) is 19.4 Å². The second kappa shape index (κ2) is 7.20. The average Bonchev–Trinajstić information content (AvgIpc) is 3.29. The number of likely N-dealkylation sites (tertiary alicyclic amines) is 1. The molecule has 1 heterocycles. The van der Waals surface area contributed by atoms with Gasteiger partial charge in [0, 0.05) is 35.7 Å². The van der Waals surface area contributed by atoms with Gasteiger partial charge in [-0.05, 0) is 55.4 Å². The van der Waals surface area contributed by atoms with E-state index in [9.17, 15) is 4.79 Å². The molecule has 1 saturated carbocycles. The van der Waals surface area contributed by atoms with Crippen LogP contribution in [0.4, 0.5) is 0 Å². The molecule has 0 unspecified atom stereocenters. The molecule has 0 radical (unpaired) electrons. The van der Waals surface area contributed by atoms with Crippen molar-refractivity contribution >= 4 is 29.1 Å². The molecule has 1 saturated heterocycles. The van der Waals surface area contributed by atoms with E-state index < -0.39 is 0 Å². The number of carbonyl (C=O) groups excluding carboxylic acids is 1. The summed E-state index contributed by atoms with van der Waals surface area (Å²) >= 11 is 12.1. The molecule has 2 fully saturated rings. The first-order chi connectivity index (χ1) is 10.6. The van der Waals surface area contributed by atoms with E-state index in [0.29, 0.717) is 22.5 Å². The Labute approximate surface area is 142 Å². The molecule has 3 nitrogen and oxygen atoms in total. The first kappa shape index (κ1) is 16.1. The van der Waals surface area contributed by atoms with Gasteiger partial charge in [-0.1, -0.05) is 23.2 Å². The van der Waals surface area contributed by atoms with Gasteiger partial charge in [-0.3, -0.25) is 4.79 Å². The summed E-state index contributed by atoms with van der Waals surface area (Å²) in [5.41, 5.74) is 0.790. The smallest absolute Gasteiger partial charge is 0.224 e. The third-order valence-electron chi connectivity index (χ3n) is 4.52. The second-order valence-electron chi connectivity index (χ2n) is 6.50. The van der Waals surface area contributed by atoms with Gasteiger partial charge in [0.05, 0.1) is 6.42 Å². The molecule has 1 aromatic carbocycles. The number of piperidine rings is 1. The lowest BCUT2D eigenvalue weighted by atomic mass is 10.0. The van der Waals surface area contributed by atoms with E-state index in [0.717, 1.165) is 37.4 Å². The number of amides is 1. The number of nitrogens with one attached hydrogen (secondary N) is 1. The highest BCUT2D eigenvalue weighted by Gasteiger charge is 2.27. The second-order valence-corrected chi connectivity index (χ2v) is 7.34. The number of benzene rings is 1. The van der Waals surface area contributed by atoms with Crippen molar-refractivity contribution in [2.45, 2.75) is 38.1 Å². The average molecular weight is 341 g/mol. The maximum Gasteiger partial charge on any atom is 0.224 e. The van der Waals surface area contributed by atoms with Crippen LogP contribution in [-0.4, -0.2) is 36.5 Å². The van der Waals surface area contributed by atoms with Crippen LogP contribution in [0.25, 0.3) is 0 Å². The van der Waals surface area contributed by atoms with Crippen LogP contribution in [0.3, 0.4) is 0 Å². The third-order valence-corrected chi connectivity index (χ3v) is 5.13. The van der Waals surface area contributed by atoms with Gasteiger partial charge in [0.2, 0.25) is 5.91 Å². The first-order valence-electron chi connectivity index (χ1n) is 8.06. The summed E-state index contributed by atoms with van der Waals surface area (Å²) < 4.78 is 0. The molecule has 0 bridgehead atoms. The fourth-order valence-electron chi connectivity index (χ4n) is 3.06. The van der Waals surface area contributed by atoms with Crippen molar-refractivity contribution in [3.8, 4) is 0 Å². The summed E-state index contributed by atoms with van der Waals surface area (Å²) in [4.78, 5) is 14.7. The van der Waals surface area contributed by atoms with Crippen molar-refractivity contribution in [2.75, 3.05) is 19.6 Å². The van der Waals surface area contributed by atoms with Crippen LogP contribution < -0.4 is 5.32 Å². The molecule has 1 N–H and O–H groups in total. The van der Waals surface area contributed by atoms with Crippen LogP contribution in [-0.2, 0) is 11.2 Å². The van der Waals surface area contributed by atoms with Crippen LogP contribution in [0.15, 0.2) is 18.2 Å². The fourth-order valence-corrected chi connectivity index (χ4v) is 3.43. The maximum absolute atomic E-state index is 12.2. The molecule has 0 spiro atoms. The Bertz CT molecular complexity index is 537. The van der Waals surface area contributed by atoms with Crippen molar-refractivity contribution in [1.82, 2.24) is 10.2 Å². The number of rotatable bonds is 5. The molecule has 120 valence electrons. The Morgan fingerprint density at radius 2 is 1.91 bits per heavy atom. The van der Waals surface area contributed by atoms with Gasteiger partial charge >= 0.3 is 0 Å². The minimum absolute atomic E-state index is 0.0322. The topological polar surface area (TPSA) is 32.3 Å². The molecule has 22 heavy (non-hydrogen) atoms. The van der Waals surface area contributed by atoms with Crippen molar-refractivity contribution in [3.05, 3.63) is 33.8 Å². The van der Waals surface area contributed by atoms with Crippen LogP contribution in [0.2, 0.25) is 10.0 Å². The molecule has 1 amide bonds.